The Morgan fingerprint density at radius 2 is 2.19 bits per heavy atom. The van der Waals surface area contributed by atoms with Crippen molar-refractivity contribution in [2.75, 3.05) is 37.4 Å². The highest BCUT2D eigenvalue weighted by Crippen LogP contribution is 2.26. The molecular weight excluding hydrogens is 346 g/mol. The van der Waals surface area contributed by atoms with E-state index < -0.39 is 0 Å². The van der Waals surface area contributed by atoms with Crippen LogP contribution < -0.4 is 10.6 Å². The quantitative estimate of drug-likeness (QED) is 0.752. The Morgan fingerprint density at radius 1 is 1.33 bits per heavy atom. The first-order valence-corrected chi connectivity index (χ1v) is 9.01. The Bertz CT molecular complexity index is 791. The van der Waals surface area contributed by atoms with Crippen molar-refractivity contribution in [1.82, 2.24) is 15.1 Å². The van der Waals surface area contributed by atoms with Gasteiger partial charge in [0.25, 0.3) is 0 Å². The van der Waals surface area contributed by atoms with Crippen molar-refractivity contribution in [2.45, 2.75) is 25.7 Å². The van der Waals surface area contributed by atoms with E-state index in [2.05, 4.69) is 20.8 Å². The topological polar surface area (TPSA) is 99.3 Å². The molecule has 0 bridgehead atoms. The average molecular weight is 371 g/mol. The Kier molecular flexibility index (Phi) is 6.08. The summed E-state index contributed by atoms with van der Waals surface area (Å²) in [5.74, 6) is 0.0322. The lowest BCUT2D eigenvalue weighted by Gasteiger charge is -2.32. The molecule has 8 nitrogen and oxygen atoms in total. The number of hydrogen-bond acceptors (Lipinski definition) is 4. The molecule has 0 saturated carbocycles. The summed E-state index contributed by atoms with van der Waals surface area (Å²) in [6.45, 7) is 3.27. The number of rotatable bonds is 5. The molecule has 27 heavy (non-hydrogen) atoms. The van der Waals surface area contributed by atoms with Gasteiger partial charge in [0.1, 0.15) is 6.61 Å². The Labute approximate surface area is 158 Å². The number of piperidine rings is 1. The van der Waals surface area contributed by atoms with Gasteiger partial charge in [0.2, 0.25) is 5.91 Å². The largest absolute Gasteiger partial charge is 0.375 e. The van der Waals surface area contributed by atoms with E-state index in [4.69, 9.17) is 4.74 Å². The van der Waals surface area contributed by atoms with Gasteiger partial charge < -0.3 is 20.3 Å². The van der Waals surface area contributed by atoms with Crippen LogP contribution in [0.1, 0.15) is 30.0 Å². The number of methoxy groups -OCH3 is 1. The summed E-state index contributed by atoms with van der Waals surface area (Å²) in [6, 6.07) is 7.25. The van der Waals surface area contributed by atoms with Gasteiger partial charge in [-0.1, -0.05) is 6.07 Å². The highest BCUT2D eigenvalue weighted by atomic mass is 16.5. The smallest absolute Gasteiger partial charge is 0.321 e. The lowest BCUT2D eigenvalue weighted by Crippen LogP contribution is -2.41. The Hall–Kier alpha value is -2.87. The zero-order valence-corrected chi connectivity index (χ0v) is 15.6. The second-order valence-electron chi connectivity index (χ2n) is 6.74. The lowest BCUT2D eigenvalue weighted by molar-refractivity contribution is -0.119. The van der Waals surface area contributed by atoms with Crippen LogP contribution >= 0.6 is 0 Å². The number of likely N-dealkylation sites (tertiary alicyclic amines) is 1. The molecule has 8 heteroatoms. The maximum absolute atomic E-state index is 12.8. The third-order valence-electron chi connectivity index (χ3n) is 4.71. The third-order valence-corrected chi connectivity index (χ3v) is 4.71. The Morgan fingerprint density at radius 3 is 2.93 bits per heavy atom. The van der Waals surface area contributed by atoms with Crippen molar-refractivity contribution < 1.29 is 14.3 Å². The van der Waals surface area contributed by atoms with Crippen LogP contribution in [-0.4, -0.2) is 53.8 Å². The van der Waals surface area contributed by atoms with Gasteiger partial charge in [-0.25, -0.2) is 4.79 Å². The summed E-state index contributed by atoms with van der Waals surface area (Å²) in [6.07, 6.45) is 3.72. The zero-order valence-electron chi connectivity index (χ0n) is 15.6. The highest BCUT2D eigenvalue weighted by Gasteiger charge is 2.25. The third kappa shape index (κ3) is 4.85. The van der Waals surface area contributed by atoms with Gasteiger partial charge in [-0.05, 0) is 43.5 Å². The average Bonchev–Trinajstić information content (AvgIpc) is 3.19. The second-order valence-corrected chi connectivity index (χ2v) is 6.74. The minimum absolute atomic E-state index is 0.0155. The summed E-state index contributed by atoms with van der Waals surface area (Å²) in [5.41, 5.74) is 3.28. The van der Waals surface area contributed by atoms with Crippen molar-refractivity contribution in [2.24, 2.45) is 0 Å². The number of aromatic amines is 1. The molecule has 1 aliphatic rings. The second kappa shape index (κ2) is 8.68. The number of nitrogens with one attached hydrogen (secondary N) is 3. The number of aromatic nitrogens is 2. The molecule has 3 rings (SSSR count). The molecule has 0 radical (unpaired) electrons. The summed E-state index contributed by atoms with van der Waals surface area (Å²) in [4.78, 5) is 26.3. The minimum Gasteiger partial charge on any atom is -0.375 e. The standard InChI is InChI=1S/C19H25N5O3/c1-13-5-6-15(21-18(25)12-27-2)10-17(13)22-19(26)24-9-3-4-14(11-24)16-7-8-20-23-16/h5-8,10,14H,3-4,9,11-12H2,1-2H3,(H,20,23)(H,21,25)(H,22,26). The van der Waals surface area contributed by atoms with E-state index >= 15 is 0 Å². The predicted octanol–water partition coefficient (Wildman–Crippen LogP) is 2.71. The van der Waals surface area contributed by atoms with E-state index in [9.17, 15) is 9.59 Å². The van der Waals surface area contributed by atoms with Gasteiger partial charge in [-0.3, -0.25) is 9.89 Å². The van der Waals surface area contributed by atoms with E-state index in [0.29, 0.717) is 17.9 Å². The maximum atomic E-state index is 12.8. The molecule has 1 aliphatic heterocycles. The molecule has 144 valence electrons. The first-order chi connectivity index (χ1) is 13.1. The predicted molar refractivity (Wildman–Crippen MR) is 103 cm³/mol. The molecule has 1 unspecified atom stereocenters. The number of aryl methyl sites for hydroxylation is 1. The van der Waals surface area contributed by atoms with Crippen molar-refractivity contribution in [3.05, 3.63) is 41.7 Å². The fraction of sp³-hybridized carbons (Fsp3) is 0.421. The molecule has 1 aromatic carbocycles. The number of amides is 3. The SMILES string of the molecule is COCC(=O)Nc1ccc(C)c(NC(=O)N2CCCC(c3ccn[nH]3)C2)c1. The normalized spacial score (nSPS) is 16.8. The van der Waals surface area contributed by atoms with Crippen LogP contribution in [0.3, 0.4) is 0 Å². The fourth-order valence-electron chi connectivity index (χ4n) is 3.27. The number of carbonyl (C=O) groups is 2. The van der Waals surface area contributed by atoms with Gasteiger partial charge >= 0.3 is 6.03 Å². The van der Waals surface area contributed by atoms with Crippen LogP contribution in [0.2, 0.25) is 0 Å². The summed E-state index contributed by atoms with van der Waals surface area (Å²) in [7, 11) is 1.47. The summed E-state index contributed by atoms with van der Waals surface area (Å²) in [5, 5.41) is 12.7. The number of H-pyrrole nitrogens is 1. The molecule has 1 atom stereocenters. The van der Waals surface area contributed by atoms with Gasteiger partial charge in [0.15, 0.2) is 0 Å². The van der Waals surface area contributed by atoms with Crippen LogP contribution in [-0.2, 0) is 9.53 Å². The molecule has 3 N–H and O–H groups in total. The zero-order chi connectivity index (χ0) is 19.2. The van der Waals surface area contributed by atoms with E-state index in [1.807, 2.05) is 24.0 Å². The van der Waals surface area contributed by atoms with Gasteiger partial charge in [-0.15, -0.1) is 0 Å². The van der Waals surface area contributed by atoms with Crippen molar-refractivity contribution in [3.63, 3.8) is 0 Å². The molecule has 1 saturated heterocycles. The molecule has 1 aromatic heterocycles. The number of carbonyl (C=O) groups excluding carboxylic acids is 2. The van der Waals surface area contributed by atoms with Gasteiger partial charge in [-0.2, -0.15) is 5.10 Å². The highest BCUT2D eigenvalue weighted by molar-refractivity contribution is 5.94. The van der Waals surface area contributed by atoms with E-state index in [0.717, 1.165) is 30.6 Å². The van der Waals surface area contributed by atoms with E-state index in [1.165, 1.54) is 7.11 Å². The molecule has 1 fully saturated rings. The molecular formula is C19H25N5O3. The van der Waals surface area contributed by atoms with Gasteiger partial charge in [0.05, 0.1) is 0 Å². The molecule has 2 heterocycles. The van der Waals surface area contributed by atoms with Crippen LogP contribution in [0, 0.1) is 6.92 Å². The van der Waals surface area contributed by atoms with Crippen molar-refractivity contribution >= 4 is 23.3 Å². The molecule has 0 aliphatic carbocycles. The monoisotopic (exact) mass is 371 g/mol. The molecule has 3 amide bonds. The van der Waals surface area contributed by atoms with E-state index in [1.54, 1.807) is 18.3 Å². The number of anilines is 2. The lowest BCUT2D eigenvalue weighted by atomic mass is 9.95. The fourth-order valence-corrected chi connectivity index (χ4v) is 3.27. The molecule has 0 spiro atoms. The summed E-state index contributed by atoms with van der Waals surface area (Å²) < 4.78 is 4.82. The first-order valence-electron chi connectivity index (χ1n) is 9.01. The van der Waals surface area contributed by atoms with Crippen LogP contribution in [0.15, 0.2) is 30.5 Å². The van der Waals surface area contributed by atoms with Crippen LogP contribution in [0.4, 0.5) is 16.2 Å². The van der Waals surface area contributed by atoms with Gasteiger partial charge in [0, 0.05) is 49.4 Å². The van der Waals surface area contributed by atoms with Crippen molar-refractivity contribution in [3.8, 4) is 0 Å². The Balaban J connectivity index is 1.65. The molecule has 2 aromatic rings. The number of nitrogens with zero attached hydrogens (tertiary/aromatic N) is 2. The first kappa shape index (κ1) is 18.9. The van der Waals surface area contributed by atoms with Crippen molar-refractivity contribution in [1.29, 1.82) is 0 Å². The van der Waals surface area contributed by atoms with Crippen LogP contribution in [0.5, 0.6) is 0 Å². The number of hydrogen-bond donors (Lipinski definition) is 3. The summed E-state index contributed by atoms with van der Waals surface area (Å²) >= 11 is 0. The minimum atomic E-state index is -0.239. The van der Waals surface area contributed by atoms with E-state index in [-0.39, 0.29) is 24.5 Å². The number of benzene rings is 1. The van der Waals surface area contributed by atoms with Crippen LogP contribution in [0.25, 0.3) is 0 Å². The number of urea groups is 1. The number of ether oxygens (including phenoxy) is 1. The maximum Gasteiger partial charge on any atom is 0.321 e.